The number of nitrogens with two attached hydrogens (primary N) is 1. The molecule has 35 heavy (non-hydrogen) atoms. The number of carbonyl (C=O) groups is 1. The number of benzene rings is 2. The zero-order valence-corrected chi connectivity index (χ0v) is 19.5. The molecule has 0 saturated heterocycles. The summed E-state index contributed by atoms with van der Waals surface area (Å²) in [5.74, 6) is 2.13. The Bertz CT molecular complexity index is 1430. The zero-order chi connectivity index (χ0) is 24.6. The van der Waals surface area contributed by atoms with Crippen LogP contribution in [-0.2, 0) is 0 Å². The molecule has 176 valence electrons. The number of nitrogen functional groups attached to an aromatic ring is 1. The van der Waals surface area contributed by atoms with E-state index in [0.717, 1.165) is 16.5 Å². The summed E-state index contributed by atoms with van der Waals surface area (Å²) >= 11 is 0. The second kappa shape index (κ2) is 10.8. The molecular formula is C27H26N6O2. The monoisotopic (exact) mass is 466 g/mol. The molecule has 2 heterocycles. The van der Waals surface area contributed by atoms with E-state index in [2.05, 4.69) is 20.7 Å². The molecule has 8 nitrogen and oxygen atoms in total. The molecule has 0 aliphatic heterocycles. The Morgan fingerprint density at radius 3 is 2.60 bits per heavy atom. The van der Waals surface area contributed by atoms with Crippen molar-refractivity contribution in [3.05, 3.63) is 97.4 Å². The number of nitrogens with one attached hydrogen (secondary N) is 2. The minimum atomic E-state index is -0.390. The molecule has 0 aliphatic carbocycles. The predicted octanol–water partition coefficient (Wildman–Crippen LogP) is 6.44. The second-order valence-electron chi connectivity index (χ2n) is 7.50. The highest BCUT2D eigenvalue weighted by molar-refractivity contribution is 6.07. The number of hydrogen-bond donors (Lipinski definition) is 3. The SMILES string of the molecule is C\C=C/C=C(\C=C/C)n1nccc1NC(=O)Nc1ccc(Oc2ccnc(N)c2)c2ccccc12. The van der Waals surface area contributed by atoms with Crippen LogP contribution >= 0.6 is 0 Å². The summed E-state index contributed by atoms with van der Waals surface area (Å²) in [5.41, 5.74) is 7.22. The molecule has 0 fully saturated rings. The average molecular weight is 467 g/mol. The Kier molecular flexibility index (Phi) is 7.22. The Labute approximate surface area is 203 Å². The molecular weight excluding hydrogens is 440 g/mol. The average Bonchev–Trinajstić information content (AvgIpc) is 3.31. The maximum absolute atomic E-state index is 12.9. The molecule has 4 rings (SSSR count). The Balaban J connectivity index is 1.57. The van der Waals surface area contributed by atoms with Gasteiger partial charge in [-0.2, -0.15) is 5.10 Å². The lowest BCUT2D eigenvalue weighted by molar-refractivity contribution is 0.262. The number of rotatable bonds is 7. The van der Waals surface area contributed by atoms with Crippen LogP contribution in [0.15, 0.2) is 97.4 Å². The number of nitrogens with zero attached hydrogens (tertiary/aromatic N) is 3. The molecule has 0 bridgehead atoms. The van der Waals surface area contributed by atoms with Gasteiger partial charge in [0.2, 0.25) is 0 Å². The third-order valence-corrected chi connectivity index (χ3v) is 5.04. The number of amides is 2. The Morgan fingerprint density at radius 2 is 1.83 bits per heavy atom. The molecule has 4 N–H and O–H groups in total. The molecule has 2 aromatic heterocycles. The highest BCUT2D eigenvalue weighted by Gasteiger charge is 2.13. The molecule has 0 radical (unpaired) electrons. The van der Waals surface area contributed by atoms with Crippen LogP contribution in [0.2, 0.25) is 0 Å². The number of hydrogen-bond acceptors (Lipinski definition) is 5. The van der Waals surface area contributed by atoms with Crippen molar-refractivity contribution in [2.24, 2.45) is 0 Å². The Morgan fingerprint density at radius 1 is 1.00 bits per heavy atom. The summed E-state index contributed by atoms with van der Waals surface area (Å²) in [4.78, 5) is 16.9. The van der Waals surface area contributed by atoms with Crippen molar-refractivity contribution in [1.82, 2.24) is 14.8 Å². The molecule has 0 spiro atoms. The summed E-state index contributed by atoms with van der Waals surface area (Å²) < 4.78 is 7.70. The van der Waals surface area contributed by atoms with Gasteiger partial charge in [-0.3, -0.25) is 5.32 Å². The van der Waals surface area contributed by atoms with Crippen LogP contribution in [0, 0.1) is 0 Å². The van der Waals surface area contributed by atoms with E-state index in [1.807, 2.05) is 74.6 Å². The molecule has 8 heteroatoms. The lowest BCUT2D eigenvalue weighted by atomic mass is 10.1. The highest BCUT2D eigenvalue weighted by atomic mass is 16.5. The van der Waals surface area contributed by atoms with Crippen LogP contribution in [-0.4, -0.2) is 20.8 Å². The van der Waals surface area contributed by atoms with Crippen molar-refractivity contribution in [3.63, 3.8) is 0 Å². The van der Waals surface area contributed by atoms with Gasteiger partial charge < -0.3 is 15.8 Å². The van der Waals surface area contributed by atoms with Gasteiger partial charge >= 0.3 is 6.03 Å². The molecule has 0 atom stereocenters. The van der Waals surface area contributed by atoms with E-state index in [0.29, 0.717) is 28.8 Å². The maximum atomic E-state index is 12.9. The van der Waals surface area contributed by atoms with Crippen molar-refractivity contribution in [3.8, 4) is 11.5 Å². The first-order valence-electron chi connectivity index (χ1n) is 11.1. The molecule has 0 saturated carbocycles. The molecule has 0 unspecified atom stereocenters. The zero-order valence-electron chi connectivity index (χ0n) is 19.5. The van der Waals surface area contributed by atoms with E-state index in [-0.39, 0.29) is 0 Å². The van der Waals surface area contributed by atoms with Crippen LogP contribution in [0.1, 0.15) is 13.8 Å². The van der Waals surface area contributed by atoms with E-state index in [1.54, 1.807) is 41.3 Å². The standard InChI is InChI=1S/C27H26N6O2/c1-3-5-9-19(8-4-2)33-26(15-17-30-33)32-27(34)31-23-12-13-24(22-11-7-6-10-21(22)23)35-20-14-16-29-25(28)18-20/h3-18H,1-2H3,(H2,28,29)(H2,31,32,34)/b5-3-,8-4-,19-9+. The van der Waals surface area contributed by atoms with Crippen molar-refractivity contribution in [2.45, 2.75) is 13.8 Å². The number of pyridine rings is 1. The first-order valence-corrected chi connectivity index (χ1v) is 11.1. The van der Waals surface area contributed by atoms with Crippen LogP contribution in [0.25, 0.3) is 16.5 Å². The van der Waals surface area contributed by atoms with E-state index < -0.39 is 6.03 Å². The van der Waals surface area contributed by atoms with E-state index >= 15 is 0 Å². The third-order valence-electron chi connectivity index (χ3n) is 5.04. The van der Waals surface area contributed by atoms with E-state index in [1.165, 1.54) is 0 Å². The number of urea groups is 1. The highest BCUT2D eigenvalue weighted by Crippen LogP contribution is 2.34. The van der Waals surface area contributed by atoms with Gasteiger partial charge in [0.1, 0.15) is 23.1 Å². The number of carbonyl (C=O) groups excluding carboxylic acids is 1. The van der Waals surface area contributed by atoms with Crippen molar-refractivity contribution < 1.29 is 9.53 Å². The van der Waals surface area contributed by atoms with Gasteiger partial charge in [0, 0.05) is 29.1 Å². The first kappa shape index (κ1) is 23.3. The van der Waals surface area contributed by atoms with Gasteiger partial charge in [0.25, 0.3) is 0 Å². The number of fused-ring (bicyclic) bond motifs is 1. The first-order chi connectivity index (χ1) is 17.1. The summed E-state index contributed by atoms with van der Waals surface area (Å²) in [7, 11) is 0. The Hall–Kier alpha value is -4.85. The number of ether oxygens (including phenoxy) is 1. The fourth-order valence-corrected chi connectivity index (χ4v) is 3.52. The summed E-state index contributed by atoms with van der Waals surface area (Å²) in [6.45, 7) is 3.86. The predicted molar refractivity (Wildman–Crippen MR) is 141 cm³/mol. The topological polar surface area (TPSA) is 107 Å². The summed E-state index contributed by atoms with van der Waals surface area (Å²) in [5, 5.41) is 11.8. The van der Waals surface area contributed by atoms with Crippen molar-refractivity contribution in [1.29, 1.82) is 0 Å². The number of allylic oxidation sites excluding steroid dienone is 6. The van der Waals surface area contributed by atoms with Gasteiger partial charge in [-0.05, 0) is 44.2 Å². The molecule has 2 aromatic carbocycles. The summed E-state index contributed by atoms with van der Waals surface area (Å²) in [6, 6.07) is 16.0. The number of anilines is 3. The van der Waals surface area contributed by atoms with Gasteiger partial charge in [0.15, 0.2) is 0 Å². The van der Waals surface area contributed by atoms with Gasteiger partial charge in [-0.15, -0.1) is 0 Å². The van der Waals surface area contributed by atoms with Crippen LogP contribution in [0.3, 0.4) is 0 Å². The number of aromatic nitrogens is 3. The third kappa shape index (κ3) is 5.56. The quantitative estimate of drug-likeness (QED) is 0.272. The molecule has 4 aromatic rings. The fourth-order valence-electron chi connectivity index (χ4n) is 3.52. The summed E-state index contributed by atoms with van der Waals surface area (Å²) in [6.07, 6.45) is 12.8. The second-order valence-corrected chi connectivity index (χ2v) is 7.50. The van der Waals surface area contributed by atoms with E-state index in [4.69, 9.17) is 10.5 Å². The van der Waals surface area contributed by atoms with Gasteiger partial charge in [0.05, 0.1) is 17.6 Å². The van der Waals surface area contributed by atoms with Gasteiger partial charge in [-0.25, -0.2) is 14.5 Å². The van der Waals surface area contributed by atoms with Gasteiger partial charge in [-0.1, -0.05) is 42.5 Å². The largest absolute Gasteiger partial charge is 0.457 e. The minimum absolute atomic E-state index is 0.374. The fraction of sp³-hybridized carbons (Fsp3) is 0.0741. The maximum Gasteiger partial charge on any atom is 0.324 e. The van der Waals surface area contributed by atoms with Crippen molar-refractivity contribution >= 4 is 39.8 Å². The lowest BCUT2D eigenvalue weighted by Gasteiger charge is -2.14. The lowest BCUT2D eigenvalue weighted by Crippen LogP contribution is -2.21. The smallest absolute Gasteiger partial charge is 0.324 e. The van der Waals surface area contributed by atoms with Crippen molar-refractivity contribution in [2.75, 3.05) is 16.4 Å². The van der Waals surface area contributed by atoms with Crippen LogP contribution in [0.5, 0.6) is 11.5 Å². The van der Waals surface area contributed by atoms with Crippen LogP contribution < -0.4 is 21.1 Å². The minimum Gasteiger partial charge on any atom is -0.457 e. The normalized spacial score (nSPS) is 11.9. The molecule has 0 aliphatic rings. The van der Waals surface area contributed by atoms with Crippen LogP contribution in [0.4, 0.5) is 22.1 Å². The molecule has 2 amide bonds. The van der Waals surface area contributed by atoms with E-state index in [9.17, 15) is 4.79 Å².